The highest BCUT2D eigenvalue weighted by Crippen LogP contribution is 2.43. The van der Waals surface area contributed by atoms with E-state index >= 15 is 0 Å². The fraction of sp³-hybridized carbons (Fsp3) is 0.375. The van der Waals surface area contributed by atoms with Gasteiger partial charge >= 0.3 is 5.97 Å². The van der Waals surface area contributed by atoms with Crippen LogP contribution in [0, 0.1) is 5.92 Å². The van der Waals surface area contributed by atoms with E-state index in [1.807, 2.05) is 6.92 Å². The summed E-state index contributed by atoms with van der Waals surface area (Å²) in [5.74, 6) is -1.88. The number of carbonyl (C=O) groups is 1. The molecular weight excluding hydrogens is 341 g/mol. The first-order valence-electron chi connectivity index (χ1n) is 6.97. The van der Waals surface area contributed by atoms with Gasteiger partial charge in [0.2, 0.25) is 0 Å². The van der Waals surface area contributed by atoms with Crippen LogP contribution in [-0.2, 0) is 14.6 Å². The van der Waals surface area contributed by atoms with Crippen LogP contribution in [0.3, 0.4) is 0 Å². The molecule has 1 aromatic carbocycles. The highest BCUT2D eigenvalue weighted by Gasteiger charge is 2.38. The van der Waals surface area contributed by atoms with Crippen molar-refractivity contribution in [2.45, 2.75) is 19.8 Å². The van der Waals surface area contributed by atoms with Gasteiger partial charge in [-0.3, -0.25) is 4.99 Å². The predicted octanol–water partition coefficient (Wildman–Crippen LogP) is 4.10. The van der Waals surface area contributed by atoms with Gasteiger partial charge in [-0.1, -0.05) is 35.3 Å². The number of nitrogens with zero attached hydrogens (tertiary/aromatic N) is 1. The Labute approximate surface area is 144 Å². The van der Waals surface area contributed by atoms with Crippen LogP contribution < -0.4 is 0 Å². The summed E-state index contributed by atoms with van der Waals surface area (Å²) in [6, 6.07) is 5.18. The predicted molar refractivity (Wildman–Crippen MR) is 89.1 cm³/mol. The van der Waals surface area contributed by atoms with Gasteiger partial charge in [0.05, 0.1) is 29.3 Å². The van der Waals surface area contributed by atoms with Crippen molar-refractivity contribution >= 4 is 34.9 Å². The fourth-order valence-corrected chi connectivity index (χ4v) is 3.28. The summed E-state index contributed by atoms with van der Waals surface area (Å²) >= 11 is 12.4. The topological polar surface area (TPSA) is 68.1 Å². The Morgan fingerprint density at radius 3 is 2.65 bits per heavy atom. The molecule has 2 rings (SSSR count). The SMILES string of the molecule is COOCC1C(C)=NC(C)=C(C(=O)O)C1c1cccc(Cl)c1Cl. The molecule has 2 unspecified atom stereocenters. The van der Waals surface area contributed by atoms with E-state index < -0.39 is 11.9 Å². The molecular formula is C16H17Cl2NO4. The lowest BCUT2D eigenvalue weighted by molar-refractivity contribution is -0.277. The van der Waals surface area contributed by atoms with Gasteiger partial charge in [-0.2, -0.15) is 0 Å². The Kier molecular flexibility index (Phi) is 5.81. The van der Waals surface area contributed by atoms with Crippen molar-refractivity contribution in [2.24, 2.45) is 10.9 Å². The molecule has 0 spiro atoms. The van der Waals surface area contributed by atoms with Gasteiger partial charge in [0.1, 0.15) is 0 Å². The van der Waals surface area contributed by atoms with Crippen LogP contribution in [-0.4, -0.2) is 30.5 Å². The molecule has 0 saturated carbocycles. The zero-order chi connectivity index (χ0) is 17.1. The molecule has 1 aliphatic rings. The molecule has 0 bridgehead atoms. The summed E-state index contributed by atoms with van der Waals surface area (Å²) < 4.78 is 0. The molecule has 0 saturated heterocycles. The largest absolute Gasteiger partial charge is 0.478 e. The third-order valence-corrected chi connectivity index (χ3v) is 4.73. The van der Waals surface area contributed by atoms with Crippen LogP contribution in [0.5, 0.6) is 0 Å². The van der Waals surface area contributed by atoms with Crippen molar-refractivity contribution in [3.63, 3.8) is 0 Å². The minimum absolute atomic E-state index is 0.156. The maximum absolute atomic E-state index is 11.8. The Bertz CT molecular complexity index is 685. The molecule has 7 heteroatoms. The van der Waals surface area contributed by atoms with Gasteiger partial charge in [0, 0.05) is 23.2 Å². The molecule has 1 aliphatic heterocycles. The zero-order valence-corrected chi connectivity index (χ0v) is 14.5. The van der Waals surface area contributed by atoms with Crippen LogP contribution in [0.15, 0.2) is 34.5 Å². The number of halogens is 2. The summed E-state index contributed by atoms with van der Waals surface area (Å²) in [6.07, 6.45) is 0. The van der Waals surface area contributed by atoms with Crippen molar-refractivity contribution in [1.29, 1.82) is 0 Å². The first-order valence-corrected chi connectivity index (χ1v) is 7.72. The molecule has 0 radical (unpaired) electrons. The second-order valence-corrected chi connectivity index (χ2v) is 6.02. The van der Waals surface area contributed by atoms with Crippen molar-refractivity contribution in [2.75, 3.05) is 13.7 Å². The van der Waals surface area contributed by atoms with E-state index in [2.05, 4.69) is 9.88 Å². The number of carboxylic acid groups (broad SMARTS) is 1. The first kappa shape index (κ1) is 17.9. The molecule has 1 aromatic rings. The number of hydrogen-bond donors (Lipinski definition) is 1. The van der Waals surface area contributed by atoms with E-state index in [9.17, 15) is 9.90 Å². The Hall–Kier alpha value is -1.40. The molecule has 2 atom stereocenters. The van der Waals surface area contributed by atoms with E-state index in [1.54, 1.807) is 25.1 Å². The molecule has 0 aliphatic carbocycles. The quantitative estimate of drug-likeness (QED) is 0.636. The fourth-order valence-electron chi connectivity index (χ4n) is 2.85. The maximum atomic E-state index is 11.8. The Morgan fingerprint density at radius 2 is 2.04 bits per heavy atom. The molecule has 5 nitrogen and oxygen atoms in total. The normalized spacial score (nSPS) is 21.3. The highest BCUT2D eigenvalue weighted by atomic mass is 35.5. The molecule has 1 heterocycles. The third kappa shape index (κ3) is 3.58. The van der Waals surface area contributed by atoms with E-state index in [-0.39, 0.29) is 18.1 Å². The Morgan fingerprint density at radius 1 is 1.35 bits per heavy atom. The lowest BCUT2D eigenvalue weighted by Gasteiger charge is -2.32. The second kappa shape index (κ2) is 7.45. The van der Waals surface area contributed by atoms with Gasteiger partial charge in [-0.15, -0.1) is 0 Å². The summed E-state index contributed by atoms with van der Waals surface area (Å²) in [5.41, 5.74) is 2.02. The number of benzene rings is 1. The second-order valence-electron chi connectivity index (χ2n) is 5.24. The van der Waals surface area contributed by atoms with E-state index in [0.717, 1.165) is 5.71 Å². The van der Waals surface area contributed by atoms with Gasteiger partial charge in [0.15, 0.2) is 0 Å². The lowest BCUT2D eigenvalue weighted by atomic mass is 9.76. The van der Waals surface area contributed by atoms with Gasteiger partial charge in [-0.25, -0.2) is 14.6 Å². The molecule has 0 fully saturated rings. The van der Waals surface area contributed by atoms with Gasteiger partial charge in [-0.05, 0) is 25.5 Å². The lowest BCUT2D eigenvalue weighted by Crippen LogP contribution is -2.32. The van der Waals surface area contributed by atoms with Crippen molar-refractivity contribution in [3.8, 4) is 0 Å². The van der Waals surface area contributed by atoms with E-state index in [4.69, 9.17) is 28.1 Å². The van der Waals surface area contributed by atoms with Gasteiger partial charge < -0.3 is 5.11 Å². The molecule has 0 amide bonds. The minimum atomic E-state index is -1.04. The number of aliphatic imine (C=N–C) groups is 1. The summed E-state index contributed by atoms with van der Waals surface area (Å²) in [5, 5.41) is 10.4. The van der Waals surface area contributed by atoms with Crippen molar-refractivity contribution in [1.82, 2.24) is 0 Å². The third-order valence-electron chi connectivity index (χ3n) is 3.90. The molecule has 23 heavy (non-hydrogen) atoms. The average Bonchev–Trinajstić information content (AvgIpc) is 2.48. The Balaban J connectivity index is 2.62. The molecule has 1 N–H and O–H groups in total. The molecule has 124 valence electrons. The van der Waals surface area contributed by atoms with Crippen molar-refractivity contribution in [3.05, 3.63) is 45.1 Å². The standard InChI is InChI=1S/C16H17Cl2NO4/c1-8-11(7-23-22-3)14(13(16(20)21)9(2)19-8)10-5-4-6-12(17)15(10)18/h4-6,11,14H,7H2,1-3H3,(H,20,21). The van der Waals surface area contributed by atoms with E-state index in [1.165, 1.54) is 7.11 Å². The first-order chi connectivity index (χ1) is 10.9. The minimum Gasteiger partial charge on any atom is -0.478 e. The average molecular weight is 358 g/mol. The number of aliphatic carboxylic acids is 1. The highest BCUT2D eigenvalue weighted by molar-refractivity contribution is 6.42. The van der Waals surface area contributed by atoms with Crippen LogP contribution in [0.25, 0.3) is 0 Å². The van der Waals surface area contributed by atoms with E-state index in [0.29, 0.717) is 21.3 Å². The monoisotopic (exact) mass is 357 g/mol. The number of allylic oxidation sites excluding steroid dienone is 1. The number of hydrogen-bond acceptors (Lipinski definition) is 4. The zero-order valence-electron chi connectivity index (χ0n) is 13.0. The number of carboxylic acids is 1. The van der Waals surface area contributed by atoms with Gasteiger partial charge in [0.25, 0.3) is 0 Å². The maximum Gasteiger partial charge on any atom is 0.334 e. The summed E-state index contributed by atoms with van der Waals surface area (Å²) in [4.78, 5) is 25.9. The van der Waals surface area contributed by atoms with Crippen LogP contribution in [0.2, 0.25) is 10.0 Å². The number of rotatable bonds is 5. The van der Waals surface area contributed by atoms with Crippen LogP contribution in [0.4, 0.5) is 0 Å². The summed E-state index contributed by atoms with van der Waals surface area (Å²) in [7, 11) is 1.40. The summed E-state index contributed by atoms with van der Waals surface area (Å²) in [6.45, 7) is 3.66. The molecule has 0 aromatic heterocycles. The van der Waals surface area contributed by atoms with Crippen LogP contribution >= 0.6 is 23.2 Å². The van der Waals surface area contributed by atoms with Crippen molar-refractivity contribution < 1.29 is 19.7 Å². The smallest absolute Gasteiger partial charge is 0.334 e. The van der Waals surface area contributed by atoms with Crippen LogP contribution in [0.1, 0.15) is 25.3 Å².